The zero-order chi connectivity index (χ0) is 18.0. The van der Waals surface area contributed by atoms with Crippen molar-refractivity contribution in [1.82, 2.24) is 10.2 Å². The molecule has 1 rings (SSSR count). The van der Waals surface area contributed by atoms with Crippen LogP contribution in [0.3, 0.4) is 0 Å². The summed E-state index contributed by atoms with van der Waals surface area (Å²) >= 11 is 0. The van der Waals surface area contributed by atoms with Gasteiger partial charge in [0.15, 0.2) is 0 Å². The summed E-state index contributed by atoms with van der Waals surface area (Å²) in [4.78, 5) is 14.1. The molecule has 0 aliphatic rings. The van der Waals surface area contributed by atoms with E-state index >= 15 is 0 Å². The summed E-state index contributed by atoms with van der Waals surface area (Å²) in [5.74, 6) is 0.272. The smallest absolute Gasteiger partial charge is 0.317 e. The first-order valence-corrected chi connectivity index (χ1v) is 10.2. The van der Waals surface area contributed by atoms with Gasteiger partial charge in [-0.1, -0.05) is 38.8 Å². The van der Waals surface area contributed by atoms with E-state index in [0.717, 1.165) is 37.5 Å². The van der Waals surface area contributed by atoms with Gasteiger partial charge in [0, 0.05) is 19.6 Å². The summed E-state index contributed by atoms with van der Waals surface area (Å²) in [7, 11) is -3.53. The molecule has 0 saturated heterocycles. The number of hydrogen-bond acceptors (Lipinski definition) is 4. The summed E-state index contributed by atoms with van der Waals surface area (Å²) in [5.41, 5.74) is 0.928. The van der Waals surface area contributed by atoms with Gasteiger partial charge >= 0.3 is 16.1 Å². The zero-order valence-corrected chi connectivity index (χ0v) is 15.6. The lowest BCUT2D eigenvalue weighted by Crippen LogP contribution is -2.40. The molecule has 0 saturated carbocycles. The molecule has 24 heavy (non-hydrogen) atoms. The first-order valence-electron chi connectivity index (χ1n) is 8.37. The Morgan fingerprint density at radius 1 is 1.12 bits per heavy atom. The Bertz CT molecular complexity index is 600. The third-order valence-electron chi connectivity index (χ3n) is 3.42. The van der Waals surface area contributed by atoms with E-state index in [2.05, 4.69) is 19.2 Å². The molecule has 1 N–H and O–H groups in total. The maximum Gasteiger partial charge on any atom is 0.317 e. The van der Waals surface area contributed by atoms with Crippen LogP contribution in [-0.2, 0) is 16.7 Å². The van der Waals surface area contributed by atoms with Crippen molar-refractivity contribution in [3.05, 3.63) is 29.8 Å². The van der Waals surface area contributed by atoms with Crippen LogP contribution in [0.15, 0.2) is 24.3 Å². The number of unbranched alkanes of at least 4 members (excludes halogenated alkanes) is 2. The Morgan fingerprint density at radius 3 is 2.29 bits per heavy atom. The molecule has 2 amide bonds. The van der Waals surface area contributed by atoms with E-state index in [-0.39, 0.29) is 11.8 Å². The van der Waals surface area contributed by atoms with Gasteiger partial charge in [-0.3, -0.25) is 0 Å². The zero-order valence-electron chi connectivity index (χ0n) is 14.7. The summed E-state index contributed by atoms with van der Waals surface area (Å²) in [6.45, 7) is 6.03. The Labute approximate surface area is 145 Å². The Balaban J connectivity index is 2.69. The number of urea groups is 1. The van der Waals surface area contributed by atoms with Crippen molar-refractivity contribution in [2.75, 3.05) is 19.3 Å². The van der Waals surface area contributed by atoms with Crippen molar-refractivity contribution >= 4 is 16.1 Å². The molecular weight excluding hydrogens is 328 g/mol. The van der Waals surface area contributed by atoms with E-state index < -0.39 is 10.1 Å². The molecule has 0 fully saturated rings. The van der Waals surface area contributed by atoms with Crippen LogP contribution in [0, 0.1) is 0 Å². The molecule has 0 atom stereocenters. The second kappa shape index (κ2) is 10.2. The number of carbonyl (C=O) groups excluding carboxylic acids is 1. The lowest BCUT2D eigenvalue weighted by molar-refractivity contribution is 0.194. The molecule has 7 heteroatoms. The topological polar surface area (TPSA) is 75.7 Å². The standard InChI is InChI=1S/C17H28N2O4S/c1-4-6-12-18-17(20)19(13-7-5-2)14-15-8-10-16(11-9-15)23-24(3,21)22/h8-11H,4-7,12-14H2,1-3H3,(H,18,20). The molecule has 0 spiro atoms. The number of benzene rings is 1. The molecule has 136 valence electrons. The highest BCUT2D eigenvalue weighted by molar-refractivity contribution is 7.86. The summed E-state index contributed by atoms with van der Waals surface area (Å²) < 4.78 is 27.0. The number of nitrogens with zero attached hydrogens (tertiary/aromatic N) is 1. The summed E-state index contributed by atoms with van der Waals surface area (Å²) in [5, 5.41) is 2.94. The number of hydrogen-bond donors (Lipinski definition) is 1. The fourth-order valence-corrected chi connectivity index (χ4v) is 2.59. The van der Waals surface area contributed by atoms with E-state index in [1.165, 1.54) is 0 Å². The first kappa shape index (κ1) is 20.3. The average Bonchev–Trinajstić information content (AvgIpc) is 2.51. The predicted molar refractivity (Wildman–Crippen MR) is 95.5 cm³/mol. The van der Waals surface area contributed by atoms with E-state index in [9.17, 15) is 13.2 Å². The van der Waals surface area contributed by atoms with Gasteiger partial charge in [0.2, 0.25) is 0 Å². The van der Waals surface area contributed by atoms with E-state index in [4.69, 9.17) is 4.18 Å². The van der Waals surface area contributed by atoms with E-state index in [0.29, 0.717) is 19.6 Å². The predicted octanol–water partition coefficient (Wildman–Crippen LogP) is 3.14. The highest BCUT2D eigenvalue weighted by Gasteiger charge is 2.13. The van der Waals surface area contributed by atoms with Gasteiger partial charge in [-0.05, 0) is 30.5 Å². The van der Waals surface area contributed by atoms with Crippen LogP contribution in [0.4, 0.5) is 4.79 Å². The van der Waals surface area contributed by atoms with Crippen LogP contribution in [0.2, 0.25) is 0 Å². The van der Waals surface area contributed by atoms with Gasteiger partial charge in [0.1, 0.15) is 5.75 Å². The third-order valence-corrected chi connectivity index (χ3v) is 3.91. The van der Waals surface area contributed by atoms with Crippen LogP contribution >= 0.6 is 0 Å². The van der Waals surface area contributed by atoms with Crippen molar-refractivity contribution in [3.63, 3.8) is 0 Å². The number of rotatable bonds is 10. The van der Waals surface area contributed by atoms with Crippen LogP contribution in [-0.4, -0.2) is 38.7 Å². The quantitative estimate of drug-likeness (QED) is 0.516. The number of carbonyl (C=O) groups is 1. The van der Waals surface area contributed by atoms with Gasteiger partial charge in [-0.25, -0.2) is 4.79 Å². The average molecular weight is 356 g/mol. The fourth-order valence-electron chi connectivity index (χ4n) is 2.13. The molecular formula is C17H28N2O4S. The maximum absolute atomic E-state index is 12.3. The van der Waals surface area contributed by atoms with Crippen LogP contribution in [0.1, 0.15) is 45.1 Å². The lowest BCUT2D eigenvalue weighted by Gasteiger charge is -2.23. The van der Waals surface area contributed by atoms with Crippen molar-refractivity contribution in [2.24, 2.45) is 0 Å². The number of nitrogens with one attached hydrogen (secondary N) is 1. The third kappa shape index (κ3) is 8.19. The van der Waals surface area contributed by atoms with Crippen molar-refractivity contribution in [1.29, 1.82) is 0 Å². The molecule has 6 nitrogen and oxygen atoms in total. The van der Waals surface area contributed by atoms with Gasteiger partial charge < -0.3 is 14.4 Å². The highest BCUT2D eigenvalue weighted by Crippen LogP contribution is 2.15. The monoisotopic (exact) mass is 356 g/mol. The molecule has 0 unspecified atom stereocenters. The molecule has 0 bridgehead atoms. The Kier molecular flexibility index (Phi) is 8.60. The molecule has 0 aliphatic carbocycles. The van der Waals surface area contributed by atoms with Crippen LogP contribution in [0.5, 0.6) is 5.75 Å². The Hall–Kier alpha value is -1.76. The molecule has 0 heterocycles. The van der Waals surface area contributed by atoms with Gasteiger partial charge in [0.25, 0.3) is 0 Å². The fraction of sp³-hybridized carbons (Fsp3) is 0.588. The Morgan fingerprint density at radius 2 is 1.75 bits per heavy atom. The second-order valence-corrected chi connectivity index (χ2v) is 7.37. The molecule has 0 aromatic heterocycles. The molecule has 1 aromatic carbocycles. The minimum atomic E-state index is -3.53. The molecule has 0 aliphatic heterocycles. The van der Waals surface area contributed by atoms with Crippen molar-refractivity contribution in [2.45, 2.75) is 46.1 Å². The van der Waals surface area contributed by atoms with Gasteiger partial charge in [-0.2, -0.15) is 8.42 Å². The second-order valence-electron chi connectivity index (χ2n) is 5.79. The minimum Gasteiger partial charge on any atom is -0.383 e. The van der Waals surface area contributed by atoms with Gasteiger partial charge in [-0.15, -0.1) is 0 Å². The molecule has 1 aromatic rings. The lowest BCUT2D eigenvalue weighted by atomic mass is 10.2. The SMILES string of the molecule is CCCCNC(=O)N(CCCC)Cc1ccc(OS(C)(=O)=O)cc1. The van der Waals surface area contributed by atoms with Crippen molar-refractivity contribution < 1.29 is 17.4 Å². The normalized spacial score (nSPS) is 11.1. The van der Waals surface area contributed by atoms with Gasteiger partial charge in [0.05, 0.1) is 6.26 Å². The van der Waals surface area contributed by atoms with E-state index in [1.807, 2.05) is 0 Å². The van der Waals surface area contributed by atoms with Crippen molar-refractivity contribution in [3.8, 4) is 5.75 Å². The van der Waals surface area contributed by atoms with Crippen LogP contribution in [0.25, 0.3) is 0 Å². The van der Waals surface area contributed by atoms with Crippen LogP contribution < -0.4 is 9.50 Å². The molecule has 0 radical (unpaired) electrons. The maximum atomic E-state index is 12.3. The largest absolute Gasteiger partial charge is 0.383 e. The summed E-state index contributed by atoms with van der Waals surface area (Å²) in [6, 6.07) is 6.69. The number of amides is 2. The highest BCUT2D eigenvalue weighted by atomic mass is 32.2. The first-order chi connectivity index (χ1) is 11.4. The van der Waals surface area contributed by atoms with E-state index in [1.54, 1.807) is 29.2 Å². The minimum absolute atomic E-state index is 0.0617. The summed E-state index contributed by atoms with van der Waals surface area (Å²) in [6.07, 6.45) is 4.96.